The van der Waals surface area contributed by atoms with Crippen molar-refractivity contribution >= 4 is 10.0 Å². The standard InChI is InChI=1S/C15H12FN3O2S/c16-12-3-1-2-11(8-12)14-9-18-19-15(14)10-4-6-13(7-5-10)22(17,20)21/h1-9H,(H,18,19)(H2,17,20,21). The molecule has 0 fully saturated rings. The fourth-order valence-corrected chi connectivity index (χ4v) is 2.70. The molecule has 1 aromatic heterocycles. The maximum atomic E-state index is 13.4. The van der Waals surface area contributed by atoms with Crippen LogP contribution in [-0.4, -0.2) is 18.6 Å². The maximum Gasteiger partial charge on any atom is 0.238 e. The molecule has 7 heteroatoms. The van der Waals surface area contributed by atoms with Gasteiger partial charge in [0.15, 0.2) is 0 Å². The topological polar surface area (TPSA) is 88.8 Å². The maximum absolute atomic E-state index is 13.4. The summed E-state index contributed by atoms with van der Waals surface area (Å²) in [5.74, 6) is -0.339. The monoisotopic (exact) mass is 317 g/mol. The molecule has 22 heavy (non-hydrogen) atoms. The van der Waals surface area contributed by atoms with E-state index in [2.05, 4.69) is 10.2 Å². The molecule has 5 nitrogen and oxygen atoms in total. The predicted octanol–water partition coefficient (Wildman–Crippen LogP) is 2.53. The van der Waals surface area contributed by atoms with Gasteiger partial charge in [0, 0.05) is 17.3 Å². The van der Waals surface area contributed by atoms with Crippen molar-refractivity contribution in [3.05, 3.63) is 60.5 Å². The summed E-state index contributed by atoms with van der Waals surface area (Å²) in [5, 5.41) is 12.0. The van der Waals surface area contributed by atoms with Gasteiger partial charge in [0.2, 0.25) is 10.0 Å². The molecule has 0 spiro atoms. The van der Waals surface area contributed by atoms with E-state index < -0.39 is 10.0 Å². The molecule has 3 aromatic rings. The van der Waals surface area contributed by atoms with Gasteiger partial charge in [-0.25, -0.2) is 17.9 Å². The highest BCUT2D eigenvalue weighted by atomic mass is 32.2. The molecule has 3 rings (SSSR count). The molecular formula is C15H12FN3O2S. The van der Waals surface area contributed by atoms with E-state index in [1.165, 1.54) is 24.3 Å². The third-order valence-corrected chi connectivity index (χ3v) is 4.16. The fourth-order valence-electron chi connectivity index (χ4n) is 2.19. The van der Waals surface area contributed by atoms with Crippen LogP contribution in [0.2, 0.25) is 0 Å². The van der Waals surface area contributed by atoms with Crippen LogP contribution in [0.3, 0.4) is 0 Å². The number of hydrogen-bond acceptors (Lipinski definition) is 3. The first-order chi connectivity index (χ1) is 10.4. The molecule has 1 heterocycles. The van der Waals surface area contributed by atoms with E-state index in [0.717, 1.165) is 5.56 Å². The van der Waals surface area contributed by atoms with Crippen molar-refractivity contribution in [2.24, 2.45) is 5.14 Å². The van der Waals surface area contributed by atoms with E-state index in [4.69, 9.17) is 5.14 Å². The average Bonchev–Trinajstić information content (AvgIpc) is 2.96. The van der Waals surface area contributed by atoms with Gasteiger partial charge in [-0.15, -0.1) is 0 Å². The van der Waals surface area contributed by atoms with Crippen LogP contribution in [0.25, 0.3) is 22.4 Å². The van der Waals surface area contributed by atoms with Crippen LogP contribution < -0.4 is 5.14 Å². The second-order valence-electron chi connectivity index (χ2n) is 4.73. The Hall–Kier alpha value is -2.51. The average molecular weight is 317 g/mol. The van der Waals surface area contributed by atoms with Gasteiger partial charge in [0.1, 0.15) is 5.82 Å². The first-order valence-electron chi connectivity index (χ1n) is 6.38. The molecule has 0 unspecified atom stereocenters. The van der Waals surface area contributed by atoms with Gasteiger partial charge in [-0.05, 0) is 29.8 Å². The number of nitrogens with one attached hydrogen (secondary N) is 1. The molecule has 0 saturated carbocycles. The normalized spacial score (nSPS) is 11.5. The third-order valence-electron chi connectivity index (χ3n) is 3.23. The van der Waals surface area contributed by atoms with E-state index >= 15 is 0 Å². The molecular weight excluding hydrogens is 305 g/mol. The van der Waals surface area contributed by atoms with E-state index in [1.54, 1.807) is 30.5 Å². The first-order valence-corrected chi connectivity index (χ1v) is 7.93. The zero-order valence-corrected chi connectivity index (χ0v) is 12.1. The van der Waals surface area contributed by atoms with Crippen molar-refractivity contribution in [3.8, 4) is 22.4 Å². The highest BCUT2D eigenvalue weighted by Gasteiger charge is 2.13. The van der Waals surface area contributed by atoms with Crippen molar-refractivity contribution in [1.29, 1.82) is 0 Å². The summed E-state index contributed by atoms with van der Waals surface area (Å²) in [7, 11) is -3.73. The molecule has 0 amide bonds. The van der Waals surface area contributed by atoms with Gasteiger partial charge in [0.05, 0.1) is 10.6 Å². The lowest BCUT2D eigenvalue weighted by Crippen LogP contribution is -2.11. The molecule has 2 aromatic carbocycles. The predicted molar refractivity (Wildman–Crippen MR) is 80.8 cm³/mol. The van der Waals surface area contributed by atoms with Crippen LogP contribution in [0.1, 0.15) is 0 Å². The molecule has 0 aliphatic rings. The molecule has 0 saturated heterocycles. The summed E-state index contributed by atoms with van der Waals surface area (Å²) < 4.78 is 35.9. The molecule has 0 atom stereocenters. The van der Waals surface area contributed by atoms with Gasteiger partial charge in [-0.1, -0.05) is 24.3 Å². The van der Waals surface area contributed by atoms with Crippen molar-refractivity contribution in [2.75, 3.05) is 0 Å². The molecule has 3 N–H and O–H groups in total. The zero-order chi connectivity index (χ0) is 15.7. The largest absolute Gasteiger partial charge is 0.284 e. The number of primary sulfonamides is 1. The molecule has 112 valence electrons. The summed E-state index contributed by atoms with van der Waals surface area (Å²) in [5.41, 5.74) is 2.71. The molecule has 0 bridgehead atoms. The van der Waals surface area contributed by atoms with Crippen LogP contribution in [0.15, 0.2) is 59.6 Å². The van der Waals surface area contributed by atoms with Crippen LogP contribution >= 0.6 is 0 Å². The fraction of sp³-hybridized carbons (Fsp3) is 0. The van der Waals surface area contributed by atoms with E-state index in [1.807, 2.05) is 0 Å². The Balaban J connectivity index is 2.06. The molecule has 0 aliphatic carbocycles. The van der Waals surface area contributed by atoms with Gasteiger partial charge in [0.25, 0.3) is 0 Å². The highest BCUT2D eigenvalue weighted by Crippen LogP contribution is 2.30. The smallest absolute Gasteiger partial charge is 0.238 e. The van der Waals surface area contributed by atoms with Crippen LogP contribution in [0.4, 0.5) is 4.39 Å². The summed E-state index contributed by atoms with van der Waals surface area (Å²) in [6, 6.07) is 12.2. The second kappa shape index (κ2) is 5.36. The number of sulfonamides is 1. The highest BCUT2D eigenvalue weighted by molar-refractivity contribution is 7.89. The SMILES string of the molecule is NS(=O)(=O)c1ccc(-c2n[nH]cc2-c2cccc(F)c2)cc1. The van der Waals surface area contributed by atoms with Gasteiger partial charge < -0.3 is 0 Å². The number of aromatic amines is 1. The number of nitrogens with zero attached hydrogens (tertiary/aromatic N) is 1. The lowest BCUT2D eigenvalue weighted by atomic mass is 10.0. The number of benzene rings is 2. The Morgan fingerprint density at radius 1 is 1.05 bits per heavy atom. The van der Waals surface area contributed by atoms with Crippen molar-refractivity contribution in [3.63, 3.8) is 0 Å². The van der Waals surface area contributed by atoms with Gasteiger partial charge >= 0.3 is 0 Å². The number of halogens is 1. The zero-order valence-electron chi connectivity index (χ0n) is 11.3. The number of hydrogen-bond donors (Lipinski definition) is 2. The van der Waals surface area contributed by atoms with E-state index in [0.29, 0.717) is 16.8 Å². The van der Waals surface area contributed by atoms with Crippen LogP contribution in [-0.2, 0) is 10.0 Å². The summed E-state index contributed by atoms with van der Waals surface area (Å²) in [6.45, 7) is 0. The summed E-state index contributed by atoms with van der Waals surface area (Å²) >= 11 is 0. The van der Waals surface area contributed by atoms with E-state index in [-0.39, 0.29) is 10.7 Å². The Morgan fingerprint density at radius 3 is 2.41 bits per heavy atom. The Morgan fingerprint density at radius 2 is 1.77 bits per heavy atom. The van der Waals surface area contributed by atoms with Gasteiger partial charge in [-0.3, -0.25) is 5.10 Å². The Labute approximate surface area is 126 Å². The number of nitrogens with two attached hydrogens (primary N) is 1. The minimum absolute atomic E-state index is 0.0269. The lowest BCUT2D eigenvalue weighted by Gasteiger charge is -2.04. The van der Waals surface area contributed by atoms with Crippen molar-refractivity contribution in [2.45, 2.75) is 4.90 Å². The quantitative estimate of drug-likeness (QED) is 0.778. The minimum atomic E-state index is -3.73. The third kappa shape index (κ3) is 2.76. The van der Waals surface area contributed by atoms with E-state index in [9.17, 15) is 12.8 Å². The molecule has 0 radical (unpaired) electrons. The number of H-pyrrole nitrogens is 1. The Bertz CT molecular complexity index is 918. The minimum Gasteiger partial charge on any atom is -0.284 e. The first kappa shape index (κ1) is 14.4. The molecule has 0 aliphatic heterocycles. The Kier molecular flexibility index (Phi) is 3.51. The van der Waals surface area contributed by atoms with Crippen LogP contribution in [0.5, 0.6) is 0 Å². The summed E-state index contributed by atoms with van der Waals surface area (Å²) in [6.07, 6.45) is 1.66. The van der Waals surface area contributed by atoms with Crippen molar-refractivity contribution in [1.82, 2.24) is 10.2 Å². The lowest BCUT2D eigenvalue weighted by molar-refractivity contribution is 0.598. The van der Waals surface area contributed by atoms with Crippen molar-refractivity contribution < 1.29 is 12.8 Å². The second-order valence-corrected chi connectivity index (χ2v) is 6.29. The summed E-state index contributed by atoms with van der Waals surface area (Å²) in [4.78, 5) is 0.0269. The number of aromatic nitrogens is 2. The number of rotatable bonds is 3. The van der Waals surface area contributed by atoms with Gasteiger partial charge in [-0.2, -0.15) is 5.10 Å². The van der Waals surface area contributed by atoms with Crippen LogP contribution in [0, 0.1) is 5.82 Å².